The number of carbonyl (C=O) groups is 1. The Bertz CT molecular complexity index is 595. The molecule has 0 spiro atoms. The molecule has 7 heteroatoms. The number of aromatic nitrogens is 4. The van der Waals surface area contributed by atoms with Crippen LogP contribution < -0.4 is 4.90 Å². The van der Waals surface area contributed by atoms with E-state index in [-0.39, 0.29) is 11.6 Å². The highest BCUT2D eigenvalue weighted by molar-refractivity contribution is 5.91. The van der Waals surface area contributed by atoms with Crippen molar-refractivity contribution in [3.8, 4) is 5.69 Å². The van der Waals surface area contributed by atoms with Crippen LogP contribution in [0.2, 0.25) is 0 Å². The van der Waals surface area contributed by atoms with Gasteiger partial charge in [-0.3, -0.25) is 4.79 Å². The first-order valence-electron chi connectivity index (χ1n) is 5.27. The number of amides is 1. The van der Waals surface area contributed by atoms with Crippen LogP contribution in [0.25, 0.3) is 5.69 Å². The molecule has 18 heavy (non-hydrogen) atoms. The molecule has 0 atom stereocenters. The number of halogens is 1. The fourth-order valence-corrected chi connectivity index (χ4v) is 1.53. The molecule has 0 aliphatic heterocycles. The monoisotopic (exact) mass is 249 g/mol. The summed E-state index contributed by atoms with van der Waals surface area (Å²) in [4.78, 5) is 19.9. The molecule has 0 aliphatic carbocycles. The summed E-state index contributed by atoms with van der Waals surface area (Å²) in [5.74, 6) is -0.785. The molecule has 2 aromatic heterocycles. The predicted molar refractivity (Wildman–Crippen MR) is 62.9 cm³/mol. The lowest BCUT2D eigenvalue weighted by molar-refractivity contribution is -0.116. The number of rotatable bonds is 2. The minimum Gasteiger partial charge on any atom is -0.313 e. The second-order valence-electron chi connectivity index (χ2n) is 3.82. The van der Waals surface area contributed by atoms with Crippen LogP contribution in [0.1, 0.15) is 12.6 Å². The van der Waals surface area contributed by atoms with Gasteiger partial charge in [0.1, 0.15) is 12.0 Å². The van der Waals surface area contributed by atoms with Crippen molar-refractivity contribution in [3.63, 3.8) is 0 Å². The number of anilines is 1. The lowest BCUT2D eigenvalue weighted by atomic mass is 10.3. The molecular formula is C11H12FN5O. The number of aryl methyl sites for hydroxylation is 1. The molecule has 1 amide bonds. The molecule has 0 aliphatic rings. The first kappa shape index (κ1) is 12.2. The van der Waals surface area contributed by atoms with E-state index in [1.54, 1.807) is 20.2 Å². The van der Waals surface area contributed by atoms with Gasteiger partial charge < -0.3 is 4.90 Å². The summed E-state index contributed by atoms with van der Waals surface area (Å²) in [5, 5.41) is 4.15. The van der Waals surface area contributed by atoms with E-state index in [4.69, 9.17) is 0 Å². The zero-order valence-corrected chi connectivity index (χ0v) is 10.3. The van der Waals surface area contributed by atoms with Crippen molar-refractivity contribution < 1.29 is 9.18 Å². The number of nitrogens with zero attached hydrogens (tertiary/aromatic N) is 5. The van der Waals surface area contributed by atoms with E-state index in [9.17, 15) is 9.18 Å². The van der Waals surface area contributed by atoms with Crippen molar-refractivity contribution in [2.45, 2.75) is 13.8 Å². The normalized spacial score (nSPS) is 10.4. The summed E-state index contributed by atoms with van der Waals surface area (Å²) in [6.45, 7) is 3.19. The third-order valence-corrected chi connectivity index (χ3v) is 2.60. The largest absolute Gasteiger partial charge is 0.313 e. The van der Waals surface area contributed by atoms with Crippen LogP contribution in [0.5, 0.6) is 0 Å². The first-order chi connectivity index (χ1) is 8.50. The summed E-state index contributed by atoms with van der Waals surface area (Å²) in [6.07, 6.45) is 4.02. The third-order valence-electron chi connectivity index (χ3n) is 2.60. The van der Waals surface area contributed by atoms with Gasteiger partial charge in [-0.25, -0.2) is 14.6 Å². The number of carbonyl (C=O) groups excluding carboxylic acids is 1. The lowest BCUT2D eigenvalue weighted by Crippen LogP contribution is -2.23. The Labute approximate surface area is 103 Å². The van der Waals surface area contributed by atoms with Crippen molar-refractivity contribution in [1.82, 2.24) is 19.7 Å². The molecule has 2 heterocycles. The molecule has 0 unspecified atom stereocenters. The highest BCUT2D eigenvalue weighted by atomic mass is 19.1. The Morgan fingerprint density at radius 1 is 1.50 bits per heavy atom. The fraction of sp³-hybridized carbons (Fsp3) is 0.273. The van der Waals surface area contributed by atoms with E-state index < -0.39 is 5.95 Å². The van der Waals surface area contributed by atoms with Gasteiger partial charge in [-0.05, 0) is 6.92 Å². The number of hydrogen-bond donors (Lipinski definition) is 0. The highest BCUT2D eigenvalue weighted by Gasteiger charge is 2.15. The molecule has 2 aromatic rings. The van der Waals surface area contributed by atoms with Gasteiger partial charge in [-0.2, -0.15) is 9.49 Å². The molecule has 0 saturated carbocycles. The standard InChI is InChI=1S/C11H12FN5O/c1-7-10(16(3)8(2)18)5-17(15-7)9-4-13-6-14-11(9)12/h4-6H,1-3H3. The van der Waals surface area contributed by atoms with Gasteiger partial charge in [0, 0.05) is 14.0 Å². The van der Waals surface area contributed by atoms with E-state index in [2.05, 4.69) is 15.1 Å². The third kappa shape index (κ3) is 2.06. The minimum absolute atomic E-state index is 0.123. The lowest BCUT2D eigenvalue weighted by Gasteiger charge is -2.12. The maximum atomic E-state index is 13.5. The Morgan fingerprint density at radius 2 is 2.22 bits per heavy atom. The van der Waals surface area contributed by atoms with Gasteiger partial charge in [-0.1, -0.05) is 0 Å². The van der Waals surface area contributed by atoms with E-state index in [1.165, 1.54) is 22.7 Å². The van der Waals surface area contributed by atoms with Crippen LogP contribution in [0, 0.1) is 12.9 Å². The molecule has 0 fully saturated rings. The molecule has 0 bridgehead atoms. The predicted octanol–water partition coefficient (Wildman–Crippen LogP) is 1.09. The van der Waals surface area contributed by atoms with Gasteiger partial charge in [-0.15, -0.1) is 0 Å². The van der Waals surface area contributed by atoms with Crippen molar-refractivity contribution in [2.75, 3.05) is 11.9 Å². The zero-order chi connectivity index (χ0) is 13.3. The van der Waals surface area contributed by atoms with Crippen LogP contribution in [0.3, 0.4) is 0 Å². The second-order valence-corrected chi connectivity index (χ2v) is 3.82. The van der Waals surface area contributed by atoms with Gasteiger partial charge in [0.25, 0.3) is 0 Å². The van der Waals surface area contributed by atoms with Crippen molar-refractivity contribution >= 4 is 11.6 Å². The van der Waals surface area contributed by atoms with Gasteiger partial charge in [0.2, 0.25) is 11.9 Å². The quantitative estimate of drug-likeness (QED) is 0.747. The molecule has 0 radical (unpaired) electrons. The average molecular weight is 249 g/mol. The Morgan fingerprint density at radius 3 is 2.83 bits per heavy atom. The Balaban J connectivity index is 2.47. The van der Waals surface area contributed by atoms with Crippen molar-refractivity contribution in [2.24, 2.45) is 0 Å². The van der Waals surface area contributed by atoms with Gasteiger partial charge in [0.15, 0.2) is 0 Å². The average Bonchev–Trinajstić information content (AvgIpc) is 2.70. The summed E-state index contributed by atoms with van der Waals surface area (Å²) in [6, 6.07) is 0. The van der Waals surface area contributed by atoms with Crippen LogP contribution in [0.15, 0.2) is 18.7 Å². The number of hydrogen-bond acceptors (Lipinski definition) is 4. The molecular weight excluding hydrogens is 237 g/mol. The Kier molecular flexibility index (Phi) is 3.05. The zero-order valence-electron chi connectivity index (χ0n) is 10.3. The molecule has 0 aromatic carbocycles. The van der Waals surface area contributed by atoms with Gasteiger partial charge >= 0.3 is 0 Å². The van der Waals surface area contributed by atoms with Gasteiger partial charge in [0.05, 0.1) is 23.8 Å². The Hall–Kier alpha value is -2.31. The SMILES string of the molecule is CC(=O)N(C)c1cn(-c2cncnc2F)nc1C. The summed E-state index contributed by atoms with van der Waals surface area (Å²) in [5.41, 5.74) is 1.38. The van der Waals surface area contributed by atoms with Crippen LogP contribution in [-0.2, 0) is 4.79 Å². The summed E-state index contributed by atoms with van der Waals surface area (Å²) >= 11 is 0. The topological polar surface area (TPSA) is 63.9 Å². The van der Waals surface area contributed by atoms with Crippen LogP contribution in [0.4, 0.5) is 10.1 Å². The van der Waals surface area contributed by atoms with E-state index in [0.29, 0.717) is 11.4 Å². The van der Waals surface area contributed by atoms with Crippen LogP contribution >= 0.6 is 0 Å². The van der Waals surface area contributed by atoms with Crippen molar-refractivity contribution in [3.05, 3.63) is 30.4 Å². The molecule has 2 rings (SSSR count). The maximum absolute atomic E-state index is 13.5. The van der Waals surface area contributed by atoms with Crippen molar-refractivity contribution in [1.29, 1.82) is 0 Å². The summed E-state index contributed by atoms with van der Waals surface area (Å²) in [7, 11) is 1.63. The van der Waals surface area contributed by atoms with E-state index in [1.807, 2.05) is 0 Å². The maximum Gasteiger partial charge on any atom is 0.241 e. The molecule has 94 valence electrons. The second kappa shape index (κ2) is 4.52. The fourth-order valence-electron chi connectivity index (χ4n) is 1.53. The summed E-state index contributed by atoms with van der Waals surface area (Å²) < 4.78 is 14.8. The highest BCUT2D eigenvalue weighted by Crippen LogP contribution is 2.20. The molecule has 0 saturated heterocycles. The molecule has 0 N–H and O–H groups in total. The molecule has 6 nitrogen and oxygen atoms in total. The minimum atomic E-state index is -0.662. The smallest absolute Gasteiger partial charge is 0.241 e. The first-order valence-corrected chi connectivity index (χ1v) is 5.27. The van der Waals surface area contributed by atoms with E-state index in [0.717, 1.165) is 6.33 Å². The van der Waals surface area contributed by atoms with Crippen LogP contribution in [-0.4, -0.2) is 32.7 Å². The van der Waals surface area contributed by atoms with E-state index >= 15 is 0 Å².